The lowest BCUT2D eigenvalue weighted by molar-refractivity contribution is -0.120. The van der Waals surface area contributed by atoms with Crippen molar-refractivity contribution in [2.75, 3.05) is 13.2 Å². The van der Waals surface area contributed by atoms with Gasteiger partial charge in [0.25, 0.3) is 12.5 Å². The predicted molar refractivity (Wildman–Crippen MR) is 40.8 cm³/mol. The first kappa shape index (κ1) is 9.92. The van der Waals surface area contributed by atoms with Crippen molar-refractivity contribution in [3.8, 4) is 0 Å². The number of aliphatic hydroxyl groups excluding tert-OH is 1. The van der Waals surface area contributed by atoms with Crippen LogP contribution in [0.15, 0.2) is 0 Å². The molecule has 1 atom stereocenters. The Hall–Kier alpha value is -1.08. The number of amides is 1. The first-order valence-corrected chi connectivity index (χ1v) is 3.48. The Balaban J connectivity index is 3.64. The molecule has 0 saturated heterocycles. The van der Waals surface area contributed by atoms with Crippen LogP contribution in [-0.4, -0.2) is 30.2 Å². The minimum atomic E-state index is -0.319. The van der Waals surface area contributed by atoms with Gasteiger partial charge in [0.15, 0.2) is 0 Å². The van der Waals surface area contributed by atoms with Gasteiger partial charge in [-0.25, -0.2) is 6.57 Å². The Bertz CT molecular complexity index is 158. The third kappa shape index (κ3) is 4.34. The van der Waals surface area contributed by atoms with E-state index in [2.05, 4.69) is 10.2 Å². The van der Waals surface area contributed by atoms with E-state index in [4.69, 9.17) is 11.7 Å². The van der Waals surface area contributed by atoms with Crippen LogP contribution in [0.4, 0.5) is 0 Å². The lowest BCUT2D eigenvalue weighted by atomic mass is 10.2. The van der Waals surface area contributed by atoms with E-state index in [1.54, 1.807) is 0 Å². The number of nitrogens with zero attached hydrogens (tertiary/aromatic N) is 1. The highest BCUT2D eigenvalue weighted by molar-refractivity contribution is 5.79. The van der Waals surface area contributed by atoms with Crippen LogP contribution in [0.5, 0.6) is 0 Å². The fourth-order valence-electron chi connectivity index (χ4n) is 0.622. The summed E-state index contributed by atoms with van der Waals surface area (Å²) in [5.74, 6) is -0.319. The Morgan fingerprint density at radius 1 is 1.82 bits per heavy atom. The molecule has 0 bridgehead atoms. The normalized spacial score (nSPS) is 11.7. The number of carbonyl (C=O) groups excluding carboxylic acids is 1. The quantitative estimate of drug-likeness (QED) is 0.553. The second-order valence-electron chi connectivity index (χ2n) is 2.17. The smallest absolute Gasteiger partial charge is 0.300 e. The number of hydrogen-bond acceptors (Lipinski definition) is 2. The molecule has 11 heavy (non-hydrogen) atoms. The lowest BCUT2D eigenvalue weighted by Gasteiger charge is -2.10. The maximum Gasteiger partial charge on any atom is 0.300 e. The maximum atomic E-state index is 10.7. The summed E-state index contributed by atoms with van der Waals surface area (Å²) in [6.45, 7) is 8.03. The SMILES string of the molecule is [C-]#[N+]CC(=O)NC(CC)CO. The van der Waals surface area contributed by atoms with Gasteiger partial charge in [-0.05, 0) is 6.42 Å². The molecule has 0 aliphatic carbocycles. The maximum absolute atomic E-state index is 10.7. The molecule has 62 valence electrons. The van der Waals surface area contributed by atoms with Gasteiger partial charge < -0.3 is 15.3 Å². The molecule has 1 unspecified atom stereocenters. The molecule has 2 N–H and O–H groups in total. The number of nitrogens with one attached hydrogen (secondary N) is 1. The summed E-state index contributed by atoms with van der Waals surface area (Å²) in [6.07, 6.45) is 0.681. The summed E-state index contributed by atoms with van der Waals surface area (Å²) in [6, 6.07) is -0.204. The molecule has 0 rings (SSSR count). The minimum absolute atomic E-state index is 0.0692. The summed E-state index contributed by atoms with van der Waals surface area (Å²) >= 11 is 0. The molecule has 0 heterocycles. The van der Waals surface area contributed by atoms with Crippen LogP contribution < -0.4 is 5.32 Å². The molecule has 0 aromatic carbocycles. The summed E-state index contributed by atoms with van der Waals surface area (Å²) in [7, 11) is 0. The van der Waals surface area contributed by atoms with E-state index in [9.17, 15) is 4.79 Å². The summed E-state index contributed by atoms with van der Waals surface area (Å²) < 4.78 is 0. The molecule has 0 aromatic rings. The molecular weight excluding hydrogens is 144 g/mol. The molecule has 0 spiro atoms. The van der Waals surface area contributed by atoms with Crippen LogP contribution in [0.25, 0.3) is 4.85 Å². The van der Waals surface area contributed by atoms with Crippen molar-refractivity contribution in [2.45, 2.75) is 19.4 Å². The van der Waals surface area contributed by atoms with E-state index in [-0.39, 0.29) is 25.1 Å². The largest absolute Gasteiger partial charge is 0.394 e. The third-order valence-corrected chi connectivity index (χ3v) is 1.30. The zero-order valence-corrected chi connectivity index (χ0v) is 6.50. The first-order valence-electron chi connectivity index (χ1n) is 3.48. The topological polar surface area (TPSA) is 53.7 Å². The van der Waals surface area contributed by atoms with E-state index >= 15 is 0 Å². The fourth-order valence-corrected chi connectivity index (χ4v) is 0.622. The van der Waals surface area contributed by atoms with Crippen molar-refractivity contribution < 1.29 is 9.90 Å². The van der Waals surface area contributed by atoms with E-state index < -0.39 is 0 Å². The molecule has 0 aliphatic rings. The average Bonchev–Trinajstić information content (AvgIpc) is 2.01. The van der Waals surface area contributed by atoms with Crippen LogP contribution in [0.3, 0.4) is 0 Å². The fraction of sp³-hybridized carbons (Fsp3) is 0.714. The number of rotatable bonds is 4. The van der Waals surface area contributed by atoms with E-state index in [1.165, 1.54) is 0 Å². The van der Waals surface area contributed by atoms with Crippen molar-refractivity contribution in [2.24, 2.45) is 0 Å². The van der Waals surface area contributed by atoms with Gasteiger partial charge in [-0.3, -0.25) is 4.79 Å². The van der Waals surface area contributed by atoms with Crippen molar-refractivity contribution in [1.29, 1.82) is 0 Å². The van der Waals surface area contributed by atoms with Gasteiger partial charge in [-0.1, -0.05) is 6.92 Å². The van der Waals surface area contributed by atoms with Crippen molar-refractivity contribution in [3.05, 3.63) is 11.4 Å². The highest BCUT2D eigenvalue weighted by Gasteiger charge is 2.09. The lowest BCUT2D eigenvalue weighted by Crippen LogP contribution is -2.37. The minimum Gasteiger partial charge on any atom is -0.394 e. The predicted octanol–water partition coefficient (Wildman–Crippen LogP) is -0.207. The molecule has 0 aromatic heterocycles. The van der Waals surface area contributed by atoms with Gasteiger partial charge >= 0.3 is 0 Å². The van der Waals surface area contributed by atoms with Crippen LogP contribution in [0, 0.1) is 6.57 Å². The number of carbonyl (C=O) groups is 1. The molecule has 0 saturated carbocycles. The van der Waals surface area contributed by atoms with E-state index in [0.717, 1.165) is 0 Å². The zero-order valence-electron chi connectivity index (χ0n) is 6.50. The van der Waals surface area contributed by atoms with Crippen molar-refractivity contribution in [3.63, 3.8) is 0 Å². The molecule has 0 fully saturated rings. The van der Waals surface area contributed by atoms with Gasteiger partial charge in [0, 0.05) is 0 Å². The van der Waals surface area contributed by atoms with Crippen LogP contribution in [0.2, 0.25) is 0 Å². The van der Waals surface area contributed by atoms with E-state index in [1.807, 2.05) is 6.92 Å². The Labute approximate surface area is 66.0 Å². The first-order chi connectivity index (χ1) is 5.24. The standard InChI is InChI=1S/C7H12N2O2/c1-3-6(5-10)9-7(11)4-8-2/h6,10H,3-5H2,1H3,(H,9,11). The highest BCUT2D eigenvalue weighted by Crippen LogP contribution is 1.88. The summed E-state index contributed by atoms with van der Waals surface area (Å²) in [4.78, 5) is 13.6. The zero-order chi connectivity index (χ0) is 8.69. The molecule has 0 radical (unpaired) electrons. The molecule has 4 heteroatoms. The third-order valence-electron chi connectivity index (χ3n) is 1.30. The highest BCUT2D eigenvalue weighted by atomic mass is 16.3. The summed E-state index contributed by atoms with van der Waals surface area (Å²) in [5, 5.41) is 11.2. The summed E-state index contributed by atoms with van der Waals surface area (Å²) in [5.41, 5.74) is 0. The van der Waals surface area contributed by atoms with Crippen LogP contribution in [-0.2, 0) is 4.79 Å². The molecular formula is C7H12N2O2. The Morgan fingerprint density at radius 3 is 2.82 bits per heavy atom. The van der Waals surface area contributed by atoms with Gasteiger partial charge in [0.05, 0.1) is 12.6 Å². The van der Waals surface area contributed by atoms with Crippen molar-refractivity contribution >= 4 is 5.91 Å². The van der Waals surface area contributed by atoms with E-state index in [0.29, 0.717) is 6.42 Å². The molecule has 0 aliphatic heterocycles. The number of aliphatic hydroxyl groups is 1. The van der Waals surface area contributed by atoms with Crippen LogP contribution in [0.1, 0.15) is 13.3 Å². The van der Waals surface area contributed by atoms with Gasteiger partial charge in [0.1, 0.15) is 0 Å². The van der Waals surface area contributed by atoms with Crippen molar-refractivity contribution in [1.82, 2.24) is 5.32 Å². The average molecular weight is 156 g/mol. The molecule has 4 nitrogen and oxygen atoms in total. The van der Waals surface area contributed by atoms with Gasteiger partial charge in [0.2, 0.25) is 0 Å². The Kier molecular flexibility index (Phi) is 5.13. The second kappa shape index (κ2) is 5.69. The number of hydrogen-bond donors (Lipinski definition) is 2. The Morgan fingerprint density at radius 2 is 2.45 bits per heavy atom. The van der Waals surface area contributed by atoms with Gasteiger partial charge in [-0.15, -0.1) is 0 Å². The van der Waals surface area contributed by atoms with Gasteiger partial charge in [-0.2, -0.15) is 0 Å². The monoisotopic (exact) mass is 156 g/mol. The molecule has 1 amide bonds. The second-order valence-corrected chi connectivity index (χ2v) is 2.17. The van der Waals surface area contributed by atoms with Crippen LogP contribution >= 0.6 is 0 Å².